The van der Waals surface area contributed by atoms with Gasteiger partial charge in [-0.25, -0.2) is 9.59 Å². The Hall–Kier alpha value is -2.81. The summed E-state index contributed by atoms with van der Waals surface area (Å²) >= 11 is 0. The molecule has 0 spiro atoms. The van der Waals surface area contributed by atoms with Crippen LogP contribution in [0.15, 0.2) is 30.3 Å². The molecule has 2 N–H and O–H groups in total. The predicted molar refractivity (Wildman–Crippen MR) is 135 cm³/mol. The minimum Gasteiger partial charge on any atom is -0.444 e. The fraction of sp³-hybridized carbons (Fsp3) is 0.667. The summed E-state index contributed by atoms with van der Waals surface area (Å²) in [6.07, 6.45) is 6.25. The Balaban J connectivity index is 1.23. The van der Waals surface area contributed by atoms with Crippen LogP contribution in [0, 0.1) is 0 Å². The fourth-order valence-electron chi connectivity index (χ4n) is 5.36. The largest absolute Gasteiger partial charge is 0.444 e. The number of piperidine rings is 1. The molecular weight excluding hydrogens is 460 g/mol. The maximum atomic E-state index is 13.2. The molecule has 1 aliphatic carbocycles. The number of nitrogens with zero attached hydrogens (tertiary/aromatic N) is 2. The Bertz CT molecular complexity index is 908. The zero-order valence-electron chi connectivity index (χ0n) is 21.7. The topological polar surface area (TPSA) is 100 Å². The van der Waals surface area contributed by atoms with Crippen LogP contribution in [0.5, 0.6) is 0 Å². The van der Waals surface area contributed by atoms with E-state index in [1.165, 1.54) is 5.06 Å². The molecule has 0 unspecified atom stereocenters. The van der Waals surface area contributed by atoms with Gasteiger partial charge in [-0.2, -0.15) is 5.06 Å². The summed E-state index contributed by atoms with van der Waals surface area (Å²) in [5, 5.41) is 7.67. The van der Waals surface area contributed by atoms with Gasteiger partial charge in [-0.05, 0) is 77.7 Å². The van der Waals surface area contributed by atoms with Crippen LogP contribution >= 0.6 is 0 Å². The third-order valence-corrected chi connectivity index (χ3v) is 7.12. The number of carbonyl (C=O) groups is 3. The quantitative estimate of drug-likeness (QED) is 0.612. The summed E-state index contributed by atoms with van der Waals surface area (Å²) < 4.78 is 5.38. The molecule has 3 fully saturated rings. The zero-order chi connectivity index (χ0) is 25.7. The Morgan fingerprint density at radius 3 is 2.22 bits per heavy atom. The van der Waals surface area contributed by atoms with Gasteiger partial charge in [0.2, 0.25) is 5.91 Å². The molecule has 1 saturated carbocycles. The van der Waals surface area contributed by atoms with E-state index >= 15 is 0 Å². The number of hydrogen-bond acceptors (Lipinski definition) is 5. The van der Waals surface area contributed by atoms with Crippen molar-refractivity contribution >= 4 is 18.0 Å². The van der Waals surface area contributed by atoms with Gasteiger partial charge in [-0.3, -0.25) is 9.63 Å². The van der Waals surface area contributed by atoms with Gasteiger partial charge in [-0.1, -0.05) is 30.3 Å². The molecule has 2 atom stereocenters. The van der Waals surface area contributed by atoms with Gasteiger partial charge in [0.05, 0.1) is 6.04 Å². The molecule has 0 radical (unpaired) electrons. The number of fused-ring (bicyclic) bond motifs is 2. The van der Waals surface area contributed by atoms with E-state index < -0.39 is 11.6 Å². The maximum Gasteiger partial charge on any atom is 0.407 e. The summed E-state index contributed by atoms with van der Waals surface area (Å²) in [4.78, 5) is 45.8. The summed E-state index contributed by atoms with van der Waals surface area (Å²) in [5.74, 6) is -0.0688. The van der Waals surface area contributed by atoms with Gasteiger partial charge in [0.15, 0.2) is 0 Å². The number of ether oxygens (including phenoxy) is 1. The third-order valence-electron chi connectivity index (χ3n) is 7.12. The highest BCUT2D eigenvalue weighted by Crippen LogP contribution is 2.31. The van der Waals surface area contributed by atoms with Crippen LogP contribution in [-0.2, 0) is 21.0 Å². The van der Waals surface area contributed by atoms with Gasteiger partial charge in [0, 0.05) is 18.6 Å². The number of rotatable bonds is 6. The lowest BCUT2D eigenvalue weighted by Gasteiger charge is -2.32. The summed E-state index contributed by atoms with van der Waals surface area (Å²) in [5.41, 5.74) is 0.492. The molecule has 4 amide bonds. The van der Waals surface area contributed by atoms with Crippen molar-refractivity contribution in [1.82, 2.24) is 20.6 Å². The molecule has 36 heavy (non-hydrogen) atoms. The molecule has 2 heterocycles. The van der Waals surface area contributed by atoms with Crippen molar-refractivity contribution in [3.8, 4) is 0 Å². The molecule has 4 rings (SSSR count). The lowest BCUT2D eigenvalue weighted by Crippen LogP contribution is -2.52. The second-order valence-corrected chi connectivity index (χ2v) is 11.2. The van der Waals surface area contributed by atoms with Gasteiger partial charge in [0.1, 0.15) is 18.2 Å². The van der Waals surface area contributed by atoms with Crippen LogP contribution in [0.3, 0.4) is 0 Å². The first-order valence-corrected chi connectivity index (χ1v) is 13.3. The van der Waals surface area contributed by atoms with E-state index in [9.17, 15) is 14.4 Å². The first-order chi connectivity index (χ1) is 17.2. The van der Waals surface area contributed by atoms with Gasteiger partial charge >= 0.3 is 12.1 Å². The Morgan fingerprint density at radius 1 is 0.944 bits per heavy atom. The minimum atomic E-state index is -0.512. The highest BCUT2D eigenvalue weighted by atomic mass is 16.7. The molecule has 2 saturated heterocycles. The van der Waals surface area contributed by atoms with Crippen molar-refractivity contribution in [2.24, 2.45) is 0 Å². The highest BCUT2D eigenvalue weighted by molar-refractivity contribution is 5.88. The summed E-state index contributed by atoms with van der Waals surface area (Å²) in [7, 11) is 0. The number of nitrogens with one attached hydrogen (secondary N) is 2. The van der Waals surface area contributed by atoms with E-state index in [0.717, 1.165) is 50.5 Å². The number of benzene rings is 1. The number of alkyl carbamates (subject to hydrolysis) is 1. The summed E-state index contributed by atoms with van der Waals surface area (Å²) in [6.45, 7) is 6.42. The summed E-state index contributed by atoms with van der Waals surface area (Å²) in [6, 6.07) is 9.26. The third kappa shape index (κ3) is 6.90. The first-order valence-electron chi connectivity index (χ1n) is 13.3. The van der Waals surface area contributed by atoms with E-state index in [2.05, 4.69) is 10.6 Å². The van der Waals surface area contributed by atoms with Crippen molar-refractivity contribution in [3.63, 3.8) is 0 Å². The van der Waals surface area contributed by atoms with Crippen molar-refractivity contribution in [2.75, 3.05) is 6.54 Å². The molecule has 198 valence electrons. The van der Waals surface area contributed by atoms with E-state index in [-0.39, 0.29) is 36.2 Å². The van der Waals surface area contributed by atoms with Crippen molar-refractivity contribution < 1.29 is 24.0 Å². The zero-order valence-corrected chi connectivity index (χ0v) is 21.7. The molecule has 3 aliphatic rings. The van der Waals surface area contributed by atoms with Crippen molar-refractivity contribution in [2.45, 2.75) is 109 Å². The van der Waals surface area contributed by atoms with E-state index in [0.29, 0.717) is 19.6 Å². The normalized spacial score (nSPS) is 26.7. The predicted octanol–water partition coefficient (Wildman–Crippen LogP) is 4.12. The first kappa shape index (κ1) is 26.3. The van der Waals surface area contributed by atoms with Crippen molar-refractivity contribution in [3.05, 3.63) is 35.9 Å². The number of hydroxylamine groups is 2. The van der Waals surface area contributed by atoms with Crippen LogP contribution < -0.4 is 10.6 Å². The SMILES string of the molecule is CC(C)(C)OC(=O)NC1CCCC(NC(=O)[C@@H]2CC[C@@H]3CN2C(=O)N3OCc2ccccc2)CCC1. The average Bonchev–Trinajstić information content (AvgIpc) is 3.04. The van der Waals surface area contributed by atoms with Gasteiger partial charge in [-0.15, -0.1) is 0 Å². The second kappa shape index (κ2) is 11.5. The molecule has 1 aromatic rings. The number of hydrogen-bond donors (Lipinski definition) is 2. The molecule has 0 aromatic heterocycles. The maximum absolute atomic E-state index is 13.2. The van der Waals surface area contributed by atoms with Gasteiger partial charge < -0.3 is 20.3 Å². The highest BCUT2D eigenvalue weighted by Gasteiger charge is 2.48. The number of carbonyl (C=O) groups excluding carboxylic acids is 3. The second-order valence-electron chi connectivity index (χ2n) is 11.2. The lowest BCUT2D eigenvalue weighted by atomic mass is 9.93. The van der Waals surface area contributed by atoms with Crippen molar-refractivity contribution in [1.29, 1.82) is 0 Å². The molecule has 2 aliphatic heterocycles. The number of amides is 4. The smallest absolute Gasteiger partial charge is 0.407 e. The van der Waals surface area contributed by atoms with E-state index in [4.69, 9.17) is 9.57 Å². The van der Waals surface area contributed by atoms with Crippen LogP contribution in [0.1, 0.15) is 77.7 Å². The number of urea groups is 1. The van der Waals surface area contributed by atoms with E-state index in [1.54, 1.807) is 4.90 Å². The monoisotopic (exact) mass is 500 g/mol. The van der Waals surface area contributed by atoms with Crippen LogP contribution in [-0.4, -0.2) is 64.3 Å². The molecule has 2 bridgehead atoms. The fourth-order valence-corrected chi connectivity index (χ4v) is 5.36. The molecule has 9 nitrogen and oxygen atoms in total. The molecule has 1 aromatic carbocycles. The standard InChI is InChI=1S/C27H40N4O5/c1-27(2,3)36-25(33)29-21-13-7-11-20(12-8-14-21)28-24(32)23-16-15-22-17-30(23)26(34)31(22)35-18-19-9-5-4-6-10-19/h4-6,9-10,20-23H,7-8,11-18H2,1-3H3,(H,28,32)(H,29,33)/t20?,21?,22-,23+/m1/s1. The van der Waals surface area contributed by atoms with Crippen LogP contribution in [0.2, 0.25) is 0 Å². The van der Waals surface area contributed by atoms with Crippen LogP contribution in [0.25, 0.3) is 0 Å². The molecular formula is C27H40N4O5. The average molecular weight is 501 g/mol. The van der Waals surface area contributed by atoms with Crippen LogP contribution in [0.4, 0.5) is 9.59 Å². The van der Waals surface area contributed by atoms with E-state index in [1.807, 2.05) is 51.1 Å². The molecule has 9 heteroatoms. The lowest BCUT2D eigenvalue weighted by molar-refractivity contribution is -0.140. The Labute approximate surface area is 213 Å². The van der Waals surface area contributed by atoms with Gasteiger partial charge in [0.25, 0.3) is 0 Å². The minimum absolute atomic E-state index is 0.0129. The Kier molecular flexibility index (Phi) is 8.39. The Morgan fingerprint density at radius 2 is 1.58 bits per heavy atom.